The SMILES string of the molecule is C[C@@H](c1cccnc1)n1ncc2ncc(Nc3cc(OC(F)P)n[nH]3)nc21. The lowest BCUT2D eigenvalue weighted by Crippen LogP contribution is -2.10. The average Bonchev–Trinajstić information content (AvgIpc) is 3.28. The maximum absolute atomic E-state index is 12.9. The molecule has 3 atom stereocenters. The van der Waals surface area contributed by atoms with Crippen LogP contribution in [0.2, 0.25) is 0 Å². The van der Waals surface area contributed by atoms with Gasteiger partial charge in [-0.15, -0.1) is 5.10 Å². The van der Waals surface area contributed by atoms with Gasteiger partial charge in [-0.05, 0) is 18.6 Å². The summed E-state index contributed by atoms with van der Waals surface area (Å²) in [4.78, 5) is 13.1. The Labute approximate surface area is 155 Å². The van der Waals surface area contributed by atoms with Gasteiger partial charge in [0.05, 0.1) is 18.4 Å². The number of alkyl halides is 1. The molecule has 4 aromatic rings. The lowest BCUT2D eigenvalue weighted by Gasteiger charge is -2.13. The Kier molecular flexibility index (Phi) is 4.64. The Morgan fingerprint density at radius 2 is 2.22 bits per heavy atom. The minimum absolute atomic E-state index is 0.0588. The fourth-order valence-corrected chi connectivity index (χ4v) is 2.75. The van der Waals surface area contributed by atoms with E-state index in [9.17, 15) is 4.39 Å². The van der Waals surface area contributed by atoms with Crippen LogP contribution in [0.5, 0.6) is 5.88 Å². The van der Waals surface area contributed by atoms with Crippen LogP contribution in [0.4, 0.5) is 16.0 Å². The van der Waals surface area contributed by atoms with Crippen molar-refractivity contribution in [1.29, 1.82) is 0 Å². The van der Waals surface area contributed by atoms with Crippen molar-refractivity contribution in [3.63, 3.8) is 0 Å². The number of H-pyrrole nitrogens is 1. The van der Waals surface area contributed by atoms with Gasteiger partial charge in [0.15, 0.2) is 11.5 Å². The van der Waals surface area contributed by atoms with Gasteiger partial charge in [-0.3, -0.25) is 10.1 Å². The summed E-state index contributed by atoms with van der Waals surface area (Å²) in [6, 6.07) is 5.33. The monoisotopic (exact) mass is 386 g/mol. The highest BCUT2D eigenvalue weighted by Crippen LogP contribution is 2.23. The number of aromatic nitrogens is 7. The fourth-order valence-electron chi connectivity index (χ4n) is 2.61. The fraction of sp³-hybridized carbons (Fsp3) is 0.188. The van der Waals surface area contributed by atoms with Gasteiger partial charge >= 0.3 is 0 Å². The molecule has 0 aliphatic heterocycles. The first-order valence-corrected chi connectivity index (χ1v) is 8.76. The van der Waals surface area contributed by atoms with Crippen LogP contribution < -0.4 is 10.1 Å². The third-order valence-corrected chi connectivity index (χ3v) is 4.02. The molecule has 0 spiro atoms. The molecule has 0 radical (unpaired) electrons. The van der Waals surface area contributed by atoms with Crippen LogP contribution >= 0.6 is 9.24 Å². The number of ether oxygens (including phenoxy) is 1. The molecule has 2 N–H and O–H groups in total. The Morgan fingerprint density at radius 3 is 3.00 bits per heavy atom. The van der Waals surface area contributed by atoms with Crippen LogP contribution in [-0.4, -0.2) is 41.0 Å². The lowest BCUT2D eigenvalue weighted by molar-refractivity contribution is 0.147. The van der Waals surface area contributed by atoms with Crippen LogP contribution in [0.15, 0.2) is 43.0 Å². The van der Waals surface area contributed by atoms with Crippen molar-refractivity contribution < 1.29 is 9.13 Å². The lowest BCUT2D eigenvalue weighted by atomic mass is 10.1. The van der Waals surface area contributed by atoms with Crippen molar-refractivity contribution in [2.24, 2.45) is 0 Å². The maximum Gasteiger partial charge on any atom is 0.251 e. The van der Waals surface area contributed by atoms with Gasteiger partial charge in [0, 0.05) is 18.5 Å². The number of anilines is 2. The average molecular weight is 386 g/mol. The number of rotatable bonds is 6. The minimum Gasteiger partial charge on any atom is -0.439 e. The molecule has 2 unspecified atom stereocenters. The Hall–Kier alpha value is -3.13. The van der Waals surface area contributed by atoms with Crippen LogP contribution in [0.3, 0.4) is 0 Å². The summed E-state index contributed by atoms with van der Waals surface area (Å²) in [7, 11) is 1.89. The van der Waals surface area contributed by atoms with Crippen LogP contribution in [0, 0.1) is 0 Å². The van der Waals surface area contributed by atoms with Gasteiger partial charge in [0.25, 0.3) is 6.10 Å². The molecular formula is C16H16FN8OP. The largest absolute Gasteiger partial charge is 0.439 e. The molecular weight excluding hydrogens is 370 g/mol. The predicted molar refractivity (Wildman–Crippen MR) is 100 cm³/mol. The van der Waals surface area contributed by atoms with E-state index < -0.39 is 6.10 Å². The van der Waals surface area contributed by atoms with Crippen molar-refractivity contribution in [2.45, 2.75) is 19.1 Å². The zero-order valence-electron chi connectivity index (χ0n) is 14.2. The van der Waals surface area contributed by atoms with Gasteiger partial charge in [-0.25, -0.2) is 14.6 Å². The highest BCUT2D eigenvalue weighted by molar-refractivity contribution is 7.16. The van der Waals surface area contributed by atoms with Crippen LogP contribution in [-0.2, 0) is 0 Å². The number of hydrogen-bond donors (Lipinski definition) is 2. The summed E-state index contributed by atoms with van der Waals surface area (Å²) >= 11 is 0. The highest BCUT2D eigenvalue weighted by atomic mass is 31.0. The smallest absolute Gasteiger partial charge is 0.251 e. The molecule has 27 heavy (non-hydrogen) atoms. The first-order chi connectivity index (χ1) is 13.1. The summed E-state index contributed by atoms with van der Waals surface area (Å²) in [6.07, 6.45) is 5.24. The topological polar surface area (TPSA) is 106 Å². The molecule has 11 heteroatoms. The highest BCUT2D eigenvalue weighted by Gasteiger charge is 2.15. The number of hydrogen-bond acceptors (Lipinski definition) is 7. The molecule has 0 amide bonds. The summed E-state index contributed by atoms with van der Waals surface area (Å²) in [6.45, 7) is 2.01. The van der Waals surface area contributed by atoms with E-state index in [0.717, 1.165) is 5.56 Å². The maximum atomic E-state index is 12.9. The molecule has 138 valence electrons. The van der Waals surface area contributed by atoms with E-state index >= 15 is 0 Å². The van der Waals surface area contributed by atoms with Crippen LogP contribution in [0.1, 0.15) is 18.5 Å². The number of nitrogens with one attached hydrogen (secondary N) is 2. The van der Waals surface area contributed by atoms with E-state index in [1.807, 2.05) is 28.3 Å². The Balaban J connectivity index is 1.61. The van der Waals surface area contributed by atoms with E-state index in [-0.39, 0.29) is 11.9 Å². The third kappa shape index (κ3) is 3.70. The predicted octanol–water partition coefficient (Wildman–Crippen LogP) is 2.80. The standard InChI is InChI=1S/C16H16FN8OP/c1-9(10-3-2-4-18-6-10)25-15-11(7-20-25)19-8-13(22-15)21-12-5-14(24-23-12)26-16(17)27/h2-9,16H,27H2,1H3,(H2,21,22,23,24)/t9-,16?/m0/s1. The molecule has 0 aromatic carbocycles. The zero-order valence-corrected chi connectivity index (χ0v) is 15.4. The number of fused-ring (bicyclic) bond motifs is 1. The van der Waals surface area contributed by atoms with Crippen molar-refractivity contribution in [3.8, 4) is 5.88 Å². The molecule has 0 aliphatic rings. The normalized spacial score (nSPS) is 13.4. The van der Waals surface area contributed by atoms with Gasteiger partial charge < -0.3 is 10.1 Å². The second-order valence-corrected chi connectivity index (χ2v) is 6.25. The second kappa shape index (κ2) is 7.24. The van der Waals surface area contributed by atoms with Crippen molar-refractivity contribution in [2.75, 3.05) is 5.32 Å². The number of nitrogens with zero attached hydrogens (tertiary/aromatic N) is 6. The molecule has 0 fully saturated rings. The number of pyridine rings is 1. The van der Waals surface area contributed by atoms with E-state index in [1.165, 1.54) is 6.07 Å². The van der Waals surface area contributed by atoms with Crippen LogP contribution in [0.25, 0.3) is 11.2 Å². The zero-order chi connectivity index (χ0) is 18.8. The van der Waals surface area contributed by atoms with Crippen molar-refractivity contribution in [3.05, 3.63) is 48.5 Å². The molecule has 4 rings (SSSR count). The quantitative estimate of drug-likeness (QED) is 0.491. The van der Waals surface area contributed by atoms with Crippen molar-refractivity contribution in [1.82, 2.24) is 34.9 Å². The van der Waals surface area contributed by atoms with Gasteiger partial charge in [-0.2, -0.15) is 9.49 Å². The third-order valence-electron chi connectivity index (χ3n) is 3.89. The molecule has 4 heterocycles. The number of halogens is 1. The van der Waals surface area contributed by atoms with Crippen molar-refractivity contribution >= 4 is 32.0 Å². The van der Waals surface area contributed by atoms with Gasteiger partial charge in [-0.1, -0.05) is 15.3 Å². The summed E-state index contributed by atoms with van der Waals surface area (Å²) in [5.41, 5.74) is 2.31. The molecule has 0 saturated carbocycles. The van der Waals surface area contributed by atoms with E-state index in [1.54, 1.807) is 29.5 Å². The summed E-state index contributed by atoms with van der Waals surface area (Å²) < 4.78 is 19.5. The molecule has 4 aromatic heterocycles. The first-order valence-electron chi connectivity index (χ1n) is 8.09. The van der Waals surface area contributed by atoms with E-state index in [2.05, 4.69) is 35.6 Å². The van der Waals surface area contributed by atoms with E-state index in [4.69, 9.17) is 4.74 Å². The Morgan fingerprint density at radius 1 is 1.33 bits per heavy atom. The van der Waals surface area contributed by atoms with E-state index in [0.29, 0.717) is 22.8 Å². The summed E-state index contributed by atoms with van der Waals surface area (Å²) in [5, 5.41) is 14.0. The second-order valence-electron chi connectivity index (χ2n) is 5.73. The van der Waals surface area contributed by atoms with Gasteiger partial charge in [0.2, 0.25) is 5.88 Å². The summed E-state index contributed by atoms with van der Waals surface area (Å²) in [5.74, 6) is 1.11. The minimum atomic E-state index is -1.53. The molecule has 0 bridgehead atoms. The molecule has 9 nitrogen and oxygen atoms in total. The molecule has 0 aliphatic carbocycles. The Bertz CT molecular complexity index is 1050. The number of aromatic amines is 1. The first kappa shape index (κ1) is 17.3. The van der Waals surface area contributed by atoms with Gasteiger partial charge in [0.1, 0.15) is 11.3 Å². The molecule has 0 saturated heterocycles.